The summed E-state index contributed by atoms with van der Waals surface area (Å²) in [6, 6.07) is 9.42. The van der Waals surface area contributed by atoms with Gasteiger partial charge in [0.2, 0.25) is 0 Å². The number of benzene rings is 2. The van der Waals surface area contributed by atoms with Gasteiger partial charge in [-0.05, 0) is 36.8 Å². The van der Waals surface area contributed by atoms with Crippen LogP contribution in [0.3, 0.4) is 0 Å². The van der Waals surface area contributed by atoms with E-state index in [9.17, 15) is 8.42 Å². The number of anilines is 2. The smallest absolute Gasteiger partial charge is 0.262 e. The molecule has 0 aliphatic heterocycles. The molecule has 4 nitrogen and oxygen atoms in total. The Morgan fingerprint density at radius 3 is 2.45 bits per heavy atom. The number of rotatable bonds is 3. The van der Waals surface area contributed by atoms with Crippen LogP contribution in [0.4, 0.5) is 11.4 Å². The van der Waals surface area contributed by atoms with Gasteiger partial charge in [0.15, 0.2) is 0 Å². The van der Waals surface area contributed by atoms with Crippen molar-refractivity contribution in [3.63, 3.8) is 0 Å². The molecule has 0 bridgehead atoms. The van der Waals surface area contributed by atoms with Crippen molar-refractivity contribution in [2.45, 2.75) is 11.8 Å². The molecule has 3 N–H and O–H groups in total. The normalized spacial score (nSPS) is 11.3. The summed E-state index contributed by atoms with van der Waals surface area (Å²) >= 11 is 11.8. The van der Waals surface area contributed by atoms with E-state index in [4.69, 9.17) is 28.9 Å². The van der Waals surface area contributed by atoms with E-state index in [1.807, 2.05) is 0 Å². The highest BCUT2D eigenvalue weighted by atomic mass is 35.5. The first kappa shape index (κ1) is 15.0. The van der Waals surface area contributed by atoms with Crippen LogP contribution in [0.25, 0.3) is 0 Å². The molecule has 0 atom stereocenters. The van der Waals surface area contributed by atoms with Crippen LogP contribution in [0.2, 0.25) is 10.0 Å². The lowest BCUT2D eigenvalue weighted by atomic mass is 10.2. The average molecular weight is 331 g/mol. The molecule has 2 rings (SSSR count). The fraction of sp³-hybridized carbons (Fsp3) is 0.0769. The Bertz CT molecular complexity index is 761. The number of nitrogen functional groups attached to an aromatic ring is 1. The molecule has 106 valence electrons. The quantitative estimate of drug-likeness (QED) is 0.843. The molecule has 0 aliphatic carbocycles. The van der Waals surface area contributed by atoms with Crippen molar-refractivity contribution in [1.82, 2.24) is 0 Å². The van der Waals surface area contributed by atoms with Crippen LogP contribution >= 0.6 is 23.2 Å². The molecular weight excluding hydrogens is 319 g/mol. The van der Waals surface area contributed by atoms with Crippen molar-refractivity contribution in [1.29, 1.82) is 0 Å². The Balaban J connectivity index is 2.47. The molecule has 0 fully saturated rings. The zero-order chi connectivity index (χ0) is 14.9. The number of halogens is 2. The van der Waals surface area contributed by atoms with Gasteiger partial charge in [-0.3, -0.25) is 4.72 Å². The van der Waals surface area contributed by atoms with E-state index < -0.39 is 10.0 Å². The van der Waals surface area contributed by atoms with Crippen molar-refractivity contribution in [2.75, 3.05) is 10.5 Å². The third-order valence-corrected chi connectivity index (χ3v) is 5.14. The molecular formula is C13H12Cl2N2O2S. The molecule has 0 saturated heterocycles. The third-order valence-electron chi connectivity index (χ3n) is 2.81. The Hall–Kier alpha value is -1.43. The highest BCUT2D eigenvalue weighted by Crippen LogP contribution is 2.32. The molecule has 0 aliphatic rings. The zero-order valence-corrected chi connectivity index (χ0v) is 12.9. The van der Waals surface area contributed by atoms with E-state index in [0.29, 0.717) is 11.3 Å². The molecule has 0 amide bonds. The first-order valence-corrected chi connectivity index (χ1v) is 7.89. The van der Waals surface area contributed by atoms with Crippen LogP contribution in [-0.2, 0) is 10.0 Å². The predicted molar refractivity (Wildman–Crippen MR) is 82.9 cm³/mol. The standard InChI is InChI=1S/C13H12Cl2N2O2S/c1-8-10(16)5-3-7-12(8)20(18,19)17-11-6-2-4-9(14)13(11)15/h2-7,17H,16H2,1H3. The summed E-state index contributed by atoms with van der Waals surface area (Å²) in [4.78, 5) is 0.105. The Kier molecular flexibility index (Phi) is 4.13. The number of nitrogens with one attached hydrogen (secondary N) is 1. The summed E-state index contributed by atoms with van der Waals surface area (Å²) in [5.74, 6) is 0. The second kappa shape index (κ2) is 5.52. The van der Waals surface area contributed by atoms with E-state index in [2.05, 4.69) is 4.72 Å². The number of nitrogens with two attached hydrogens (primary N) is 1. The van der Waals surface area contributed by atoms with Gasteiger partial charge >= 0.3 is 0 Å². The third kappa shape index (κ3) is 2.85. The second-order valence-electron chi connectivity index (χ2n) is 4.18. The van der Waals surface area contributed by atoms with Gasteiger partial charge in [-0.1, -0.05) is 35.3 Å². The molecule has 2 aromatic rings. The first-order chi connectivity index (χ1) is 9.33. The van der Waals surface area contributed by atoms with Crippen molar-refractivity contribution in [2.24, 2.45) is 0 Å². The number of sulfonamides is 1. The van der Waals surface area contributed by atoms with Crippen LogP contribution in [0.1, 0.15) is 5.56 Å². The van der Waals surface area contributed by atoms with Gasteiger partial charge in [-0.15, -0.1) is 0 Å². The van der Waals surface area contributed by atoms with E-state index in [-0.39, 0.29) is 20.6 Å². The maximum absolute atomic E-state index is 12.4. The van der Waals surface area contributed by atoms with Crippen LogP contribution in [0.5, 0.6) is 0 Å². The van der Waals surface area contributed by atoms with Crippen LogP contribution in [0.15, 0.2) is 41.3 Å². The zero-order valence-electron chi connectivity index (χ0n) is 10.5. The molecule has 7 heteroatoms. The maximum Gasteiger partial charge on any atom is 0.262 e. The van der Waals surface area contributed by atoms with Crippen LogP contribution in [0, 0.1) is 6.92 Å². The lowest BCUT2D eigenvalue weighted by Crippen LogP contribution is -2.15. The number of hydrogen-bond acceptors (Lipinski definition) is 3. The summed E-state index contributed by atoms with van der Waals surface area (Å²) in [5, 5.41) is 0.426. The van der Waals surface area contributed by atoms with Crippen LogP contribution in [-0.4, -0.2) is 8.42 Å². The van der Waals surface area contributed by atoms with Gasteiger partial charge in [0.1, 0.15) is 0 Å². The number of hydrogen-bond donors (Lipinski definition) is 2. The summed E-state index contributed by atoms with van der Waals surface area (Å²) in [5.41, 5.74) is 6.84. The van der Waals surface area contributed by atoms with Gasteiger partial charge in [-0.25, -0.2) is 8.42 Å². The summed E-state index contributed by atoms with van der Waals surface area (Å²) in [6.45, 7) is 1.64. The largest absolute Gasteiger partial charge is 0.398 e. The SMILES string of the molecule is Cc1c(N)cccc1S(=O)(=O)Nc1cccc(Cl)c1Cl. The molecule has 2 aromatic carbocycles. The van der Waals surface area contributed by atoms with Gasteiger partial charge < -0.3 is 5.73 Å². The fourth-order valence-corrected chi connectivity index (χ4v) is 3.46. The second-order valence-corrected chi connectivity index (χ2v) is 6.61. The van der Waals surface area contributed by atoms with E-state index in [0.717, 1.165) is 0 Å². The summed E-state index contributed by atoms with van der Waals surface area (Å²) < 4.78 is 27.2. The maximum atomic E-state index is 12.4. The van der Waals surface area contributed by atoms with Gasteiger partial charge in [0.25, 0.3) is 10.0 Å². The topological polar surface area (TPSA) is 72.2 Å². The molecule has 0 saturated carbocycles. The molecule has 0 spiro atoms. The first-order valence-electron chi connectivity index (χ1n) is 5.65. The van der Waals surface area contributed by atoms with Gasteiger partial charge in [-0.2, -0.15) is 0 Å². The average Bonchev–Trinajstić information content (AvgIpc) is 2.38. The molecule has 0 heterocycles. The monoisotopic (exact) mass is 330 g/mol. The highest BCUT2D eigenvalue weighted by Gasteiger charge is 2.19. The Labute approximate surface area is 127 Å². The van der Waals surface area contributed by atoms with E-state index >= 15 is 0 Å². The summed E-state index contributed by atoms with van der Waals surface area (Å²) in [7, 11) is -3.78. The Morgan fingerprint density at radius 2 is 1.75 bits per heavy atom. The molecule has 0 unspecified atom stereocenters. The highest BCUT2D eigenvalue weighted by molar-refractivity contribution is 7.92. The minimum Gasteiger partial charge on any atom is -0.398 e. The fourth-order valence-electron chi connectivity index (χ4n) is 1.70. The summed E-state index contributed by atoms with van der Waals surface area (Å²) in [6.07, 6.45) is 0. The van der Waals surface area contributed by atoms with Crippen LogP contribution < -0.4 is 10.5 Å². The van der Waals surface area contributed by atoms with E-state index in [1.165, 1.54) is 12.1 Å². The minimum atomic E-state index is -3.78. The van der Waals surface area contributed by atoms with Crippen molar-refractivity contribution < 1.29 is 8.42 Å². The van der Waals surface area contributed by atoms with Gasteiger partial charge in [0, 0.05) is 5.69 Å². The minimum absolute atomic E-state index is 0.105. The van der Waals surface area contributed by atoms with Crippen molar-refractivity contribution in [3.8, 4) is 0 Å². The molecule has 0 aromatic heterocycles. The lowest BCUT2D eigenvalue weighted by molar-refractivity contribution is 0.600. The van der Waals surface area contributed by atoms with Crippen molar-refractivity contribution in [3.05, 3.63) is 52.0 Å². The van der Waals surface area contributed by atoms with E-state index in [1.54, 1.807) is 31.2 Å². The molecule has 0 radical (unpaired) electrons. The van der Waals surface area contributed by atoms with Gasteiger partial charge in [0.05, 0.1) is 20.6 Å². The van der Waals surface area contributed by atoms with Crippen molar-refractivity contribution >= 4 is 44.6 Å². The predicted octanol–water partition coefficient (Wildman–Crippen LogP) is 3.68. The Morgan fingerprint density at radius 1 is 1.10 bits per heavy atom. The lowest BCUT2D eigenvalue weighted by Gasteiger charge is -2.13. The molecule has 20 heavy (non-hydrogen) atoms.